The van der Waals surface area contributed by atoms with Crippen molar-refractivity contribution >= 4 is 0 Å². The van der Waals surface area contributed by atoms with Crippen LogP contribution in [0.1, 0.15) is 53.4 Å². The van der Waals surface area contributed by atoms with Gasteiger partial charge in [-0.25, -0.2) is 0 Å². The lowest BCUT2D eigenvalue weighted by atomic mass is 9.84. The third-order valence-corrected chi connectivity index (χ3v) is 5.33. The van der Waals surface area contributed by atoms with Crippen LogP contribution < -0.4 is 5.32 Å². The quantitative estimate of drug-likeness (QED) is 0.851. The topological polar surface area (TPSA) is 39.1 Å². The Bertz CT molecular complexity index is 348. The van der Waals surface area contributed by atoms with E-state index in [4.69, 9.17) is 0 Å². The molecule has 0 amide bonds. The summed E-state index contributed by atoms with van der Waals surface area (Å²) in [5.74, 6) is 1.57. The Morgan fingerprint density at radius 3 is 2.74 bits per heavy atom. The molecule has 5 atom stereocenters. The molecular formula is C16H29N3. The molecule has 0 bridgehead atoms. The minimum absolute atomic E-state index is 0.261. The van der Waals surface area contributed by atoms with Crippen molar-refractivity contribution in [3.8, 4) is 6.07 Å². The Morgan fingerprint density at radius 2 is 2.11 bits per heavy atom. The molecule has 0 aromatic heterocycles. The van der Waals surface area contributed by atoms with Crippen molar-refractivity contribution in [2.45, 2.75) is 71.0 Å². The second-order valence-electron chi connectivity index (χ2n) is 6.88. The normalized spacial score (nSPS) is 44.2. The number of piperidine rings is 1. The lowest BCUT2D eigenvalue weighted by Gasteiger charge is -2.44. The molecule has 2 aliphatic rings. The summed E-state index contributed by atoms with van der Waals surface area (Å²) in [6, 6.07) is 3.81. The SMILES string of the molecule is CCNC1(C#N)CCC(N2CC(C)CC(C)C2C)C1. The summed E-state index contributed by atoms with van der Waals surface area (Å²) in [5, 5.41) is 12.9. The lowest BCUT2D eigenvalue weighted by Crippen LogP contribution is -2.51. The zero-order chi connectivity index (χ0) is 14.0. The maximum Gasteiger partial charge on any atom is 0.108 e. The summed E-state index contributed by atoms with van der Waals surface area (Å²) in [6.45, 7) is 11.3. The van der Waals surface area contributed by atoms with Crippen molar-refractivity contribution in [3.05, 3.63) is 0 Å². The van der Waals surface area contributed by atoms with Crippen LogP contribution in [-0.2, 0) is 0 Å². The van der Waals surface area contributed by atoms with Crippen molar-refractivity contribution in [1.29, 1.82) is 5.26 Å². The first kappa shape index (κ1) is 14.8. The molecule has 3 heteroatoms. The molecule has 2 fully saturated rings. The summed E-state index contributed by atoms with van der Waals surface area (Å²) in [4.78, 5) is 2.69. The van der Waals surface area contributed by atoms with Crippen molar-refractivity contribution in [2.75, 3.05) is 13.1 Å². The van der Waals surface area contributed by atoms with Gasteiger partial charge in [0.05, 0.1) is 6.07 Å². The van der Waals surface area contributed by atoms with Crippen LogP contribution in [0.5, 0.6) is 0 Å². The van der Waals surface area contributed by atoms with Crippen molar-refractivity contribution < 1.29 is 0 Å². The minimum Gasteiger partial charge on any atom is -0.300 e. The number of nitriles is 1. The number of hydrogen-bond acceptors (Lipinski definition) is 3. The van der Waals surface area contributed by atoms with Gasteiger partial charge in [-0.3, -0.25) is 10.2 Å². The fourth-order valence-electron chi connectivity index (χ4n) is 4.18. The van der Waals surface area contributed by atoms with E-state index in [0.717, 1.165) is 31.2 Å². The number of hydrogen-bond donors (Lipinski definition) is 1. The molecule has 0 spiro atoms. The molecule has 1 heterocycles. The van der Waals surface area contributed by atoms with Gasteiger partial charge in [-0.1, -0.05) is 20.8 Å². The number of rotatable bonds is 3. The molecular weight excluding hydrogens is 234 g/mol. The Morgan fingerprint density at radius 1 is 1.37 bits per heavy atom. The van der Waals surface area contributed by atoms with E-state index in [9.17, 15) is 5.26 Å². The molecule has 2 rings (SSSR count). The Hall–Kier alpha value is -0.590. The van der Waals surface area contributed by atoms with E-state index in [2.05, 4.69) is 44.0 Å². The first-order chi connectivity index (χ1) is 9.01. The van der Waals surface area contributed by atoms with Gasteiger partial charge in [0.25, 0.3) is 0 Å². The van der Waals surface area contributed by atoms with Gasteiger partial charge >= 0.3 is 0 Å². The van der Waals surface area contributed by atoms with Crippen LogP contribution >= 0.6 is 0 Å². The van der Waals surface area contributed by atoms with Crippen LogP contribution in [0.3, 0.4) is 0 Å². The van der Waals surface area contributed by atoms with E-state index in [1.807, 2.05) is 0 Å². The van der Waals surface area contributed by atoms with Gasteiger partial charge in [0.15, 0.2) is 0 Å². The molecule has 0 aromatic carbocycles. The van der Waals surface area contributed by atoms with Gasteiger partial charge in [-0.05, 0) is 51.0 Å². The monoisotopic (exact) mass is 263 g/mol. The molecule has 1 N–H and O–H groups in total. The smallest absolute Gasteiger partial charge is 0.108 e. The van der Waals surface area contributed by atoms with Gasteiger partial charge in [-0.2, -0.15) is 5.26 Å². The first-order valence-corrected chi connectivity index (χ1v) is 7.93. The Balaban J connectivity index is 2.05. The predicted octanol–water partition coefficient (Wildman–Crippen LogP) is 2.78. The first-order valence-electron chi connectivity index (χ1n) is 7.93. The molecule has 1 saturated heterocycles. The third kappa shape index (κ3) is 2.95. The highest BCUT2D eigenvalue weighted by Gasteiger charge is 2.43. The van der Waals surface area contributed by atoms with Gasteiger partial charge in [0.1, 0.15) is 5.54 Å². The third-order valence-electron chi connectivity index (χ3n) is 5.33. The average Bonchev–Trinajstić information content (AvgIpc) is 2.79. The average molecular weight is 263 g/mol. The highest BCUT2D eigenvalue weighted by Crippen LogP contribution is 2.37. The fraction of sp³-hybridized carbons (Fsp3) is 0.938. The molecule has 1 aliphatic heterocycles. The molecule has 0 aromatic rings. The van der Waals surface area contributed by atoms with Gasteiger partial charge in [0, 0.05) is 18.6 Å². The molecule has 0 radical (unpaired) electrons. The standard InChI is InChI=1S/C16H29N3/c1-5-18-16(11-17)7-6-15(9-16)19-10-12(2)8-13(3)14(19)4/h12-15,18H,5-10H2,1-4H3. The van der Waals surface area contributed by atoms with Crippen LogP contribution in [-0.4, -0.2) is 35.6 Å². The van der Waals surface area contributed by atoms with Crippen molar-refractivity contribution in [2.24, 2.45) is 11.8 Å². The molecule has 1 saturated carbocycles. The maximum atomic E-state index is 9.50. The highest BCUT2D eigenvalue weighted by molar-refractivity contribution is 5.13. The molecule has 3 nitrogen and oxygen atoms in total. The fourth-order valence-corrected chi connectivity index (χ4v) is 4.18. The molecule has 5 unspecified atom stereocenters. The minimum atomic E-state index is -0.261. The zero-order valence-electron chi connectivity index (χ0n) is 12.9. The van der Waals surface area contributed by atoms with Crippen molar-refractivity contribution in [1.82, 2.24) is 10.2 Å². The number of nitrogens with zero attached hydrogens (tertiary/aromatic N) is 2. The summed E-state index contributed by atoms with van der Waals surface area (Å²) >= 11 is 0. The summed E-state index contributed by atoms with van der Waals surface area (Å²) in [7, 11) is 0. The number of nitrogens with one attached hydrogen (secondary N) is 1. The highest BCUT2D eigenvalue weighted by atomic mass is 15.2. The Kier molecular flexibility index (Phi) is 4.53. The maximum absolute atomic E-state index is 9.50. The van der Waals surface area contributed by atoms with E-state index in [-0.39, 0.29) is 5.54 Å². The lowest BCUT2D eigenvalue weighted by molar-refractivity contribution is 0.0406. The predicted molar refractivity (Wildman–Crippen MR) is 78.8 cm³/mol. The van der Waals surface area contributed by atoms with E-state index in [1.165, 1.54) is 19.4 Å². The second-order valence-corrected chi connectivity index (χ2v) is 6.88. The zero-order valence-corrected chi connectivity index (χ0v) is 12.9. The van der Waals surface area contributed by atoms with Crippen LogP contribution in [0.4, 0.5) is 0 Å². The van der Waals surface area contributed by atoms with E-state index >= 15 is 0 Å². The van der Waals surface area contributed by atoms with E-state index in [0.29, 0.717) is 12.1 Å². The second kappa shape index (κ2) is 5.81. The number of likely N-dealkylation sites (tertiary alicyclic amines) is 1. The Labute approximate surface area is 118 Å². The molecule has 108 valence electrons. The summed E-state index contributed by atoms with van der Waals surface area (Å²) in [6.07, 6.45) is 4.53. The van der Waals surface area contributed by atoms with Crippen LogP contribution in [0.2, 0.25) is 0 Å². The van der Waals surface area contributed by atoms with Gasteiger partial charge in [-0.15, -0.1) is 0 Å². The van der Waals surface area contributed by atoms with Gasteiger partial charge < -0.3 is 0 Å². The summed E-state index contributed by atoms with van der Waals surface area (Å²) < 4.78 is 0. The molecule has 1 aliphatic carbocycles. The van der Waals surface area contributed by atoms with E-state index in [1.54, 1.807) is 0 Å². The largest absolute Gasteiger partial charge is 0.300 e. The summed E-state index contributed by atoms with van der Waals surface area (Å²) in [5.41, 5.74) is -0.261. The van der Waals surface area contributed by atoms with E-state index < -0.39 is 0 Å². The van der Waals surface area contributed by atoms with Gasteiger partial charge in [0.2, 0.25) is 0 Å². The van der Waals surface area contributed by atoms with Crippen LogP contribution in [0.25, 0.3) is 0 Å². The molecule has 19 heavy (non-hydrogen) atoms. The van der Waals surface area contributed by atoms with Crippen molar-refractivity contribution in [3.63, 3.8) is 0 Å². The van der Waals surface area contributed by atoms with Crippen LogP contribution in [0, 0.1) is 23.2 Å². The van der Waals surface area contributed by atoms with Crippen LogP contribution in [0.15, 0.2) is 0 Å².